The van der Waals surface area contributed by atoms with Gasteiger partial charge in [-0.25, -0.2) is 9.97 Å². The lowest BCUT2D eigenvalue weighted by atomic mass is 10.1. The summed E-state index contributed by atoms with van der Waals surface area (Å²) in [5, 5.41) is 2.86. The van der Waals surface area contributed by atoms with Gasteiger partial charge < -0.3 is 10.1 Å². The molecule has 0 unspecified atom stereocenters. The molecule has 2 aromatic carbocycles. The van der Waals surface area contributed by atoms with Gasteiger partial charge in [0.2, 0.25) is 11.7 Å². The van der Waals surface area contributed by atoms with Gasteiger partial charge in [0.1, 0.15) is 6.61 Å². The third kappa shape index (κ3) is 4.19. The van der Waals surface area contributed by atoms with E-state index in [1.165, 1.54) is 0 Å². The van der Waals surface area contributed by atoms with Crippen LogP contribution in [-0.2, 0) is 16.1 Å². The second-order valence-corrected chi connectivity index (χ2v) is 6.06. The van der Waals surface area contributed by atoms with E-state index >= 15 is 0 Å². The van der Waals surface area contributed by atoms with Crippen molar-refractivity contribution in [1.82, 2.24) is 14.4 Å². The highest BCUT2D eigenvalue weighted by atomic mass is 16.5. The lowest BCUT2D eigenvalue weighted by Gasteiger charge is -2.07. The number of rotatable bonds is 6. The number of fused-ring (bicyclic) bond motifs is 1. The summed E-state index contributed by atoms with van der Waals surface area (Å²) in [4.78, 5) is 20.8. The third-order valence-electron chi connectivity index (χ3n) is 4.02. The maximum Gasteiger partial charge on any atom is 0.250 e. The second-order valence-electron chi connectivity index (χ2n) is 6.06. The molecule has 0 radical (unpaired) electrons. The van der Waals surface area contributed by atoms with Crippen molar-refractivity contribution in [2.24, 2.45) is 0 Å². The topological polar surface area (TPSA) is 68.5 Å². The van der Waals surface area contributed by atoms with Gasteiger partial charge >= 0.3 is 0 Å². The summed E-state index contributed by atoms with van der Waals surface area (Å²) in [6.45, 7) is 0.403. The third-order valence-corrected chi connectivity index (χ3v) is 4.02. The van der Waals surface area contributed by atoms with Crippen molar-refractivity contribution in [1.29, 1.82) is 0 Å². The Hall–Kier alpha value is -3.51. The first-order chi connectivity index (χ1) is 13.3. The maximum absolute atomic E-state index is 12.1. The van der Waals surface area contributed by atoms with Gasteiger partial charge in [-0.15, -0.1) is 0 Å². The fourth-order valence-corrected chi connectivity index (χ4v) is 2.76. The van der Waals surface area contributed by atoms with Crippen LogP contribution in [0.5, 0.6) is 0 Å². The number of benzene rings is 2. The SMILES string of the molecule is O=C(COCc1ccccc1)Nc1cccc(-c2cn3cccnc3n2)c1. The molecule has 0 fully saturated rings. The van der Waals surface area contributed by atoms with E-state index in [2.05, 4.69) is 15.3 Å². The number of amides is 1. The van der Waals surface area contributed by atoms with Crippen LogP contribution in [0.15, 0.2) is 79.3 Å². The molecule has 4 rings (SSSR count). The van der Waals surface area contributed by atoms with Crippen molar-refractivity contribution >= 4 is 17.4 Å². The Morgan fingerprint density at radius 3 is 2.81 bits per heavy atom. The van der Waals surface area contributed by atoms with Crippen LogP contribution in [0.4, 0.5) is 5.69 Å². The molecule has 0 spiro atoms. The zero-order valence-electron chi connectivity index (χ0n) is 14.6. The Bertz CT molecular complexity index is 1030. The number of nitrogens with one attached hydrogen (secondary N) is 1. The molecular weight excluding hydrogens is 340 g/mol. The van der Waals surface area contributed by atoms with Gasteiger partial charge in [0, 0.05) is 29.8 Å². The van der Waals surface area contributed by atoms with Crippen molar-refractivity contribution in [3.05, 3.63) is 84.8 Å². The van der Waals surface area contributed by atoms with Crippen molar-refractivity contribution in [3.63, 3.8) is 0 Å². The Labute approximate surface area is 156 Å². The van der Waals surface area contributed by atoms with Crippen molar-refractivity contribution < 1.29 is 9.53 Å². The highest BCUT2D eigenvalue weighted by Crippen LogP contribution is 2.22. The first kappa shape index (κ1) is 16.9. The van der Waals surface area contributed by atoms with E-state index in [0.29, 0.717) is 18.1 Å². The monoisotopic (exact) mass is 358 g/mol. The quantitative estimate of drug-likeness (QED) is 0.572. The summed E-state index contributed by atoms with van der Waals surface area (Å²) >= 11 is 0. The number of imidazole rings is 1. The van der Waals surface area contributed by atoms with Gasteiger partial charge in [0.25, 0.3) is 0 Å². The number of carbonyl (C=O) groups is 1. The molecule has 1 N–H and O–H groups in total. The second kappa shape index (κ2) is 7.80. The molecule has 0 atom stereocenters. The molecule has 6 heteroatoms. The van der Waals surface area contributed by atoms with Crippen LogP contribution in [0.2, 0.25) is 0 Å². The zero-order valence-corrected chi connectivity index (χ0v) is 14.6. The van der Waals surface area contributed by atoms with E-state index in [1.807, 2.05) is 77.5 Å². The maximum atomic E-state index is 12.1. The largest absolute Gasteiger partial charge is 0.367 e. The standard InChI is InChI=1S/C21H18N4O2/c26-20(15-27-14-16-6-2-1-3-7-16)23-18-9-4-8-17(12-18)19-13-25-11-5-10-22-21(25)24-19/h1-13H,14-15H2,(H,23,26). The summed E-state index contributed by atoms with van der Waals surface area (Å²) in [6.07, 6.45) is 5.51. The van der Waals surface area contributed by atoms with Gasteiger partial charge in [0.05, 0.1) is 12.3 Å². The highest BCUT2D eigenvalue weighted by molar-refractivity contribution is 5.92. The molecule has 27 heavy (non-hydrogen) atoms. The predicted molar refractivity (Wildman–Crippen MR) is 103 cm³/mol. The Morgan fingerprint density at radius 2 is 1.96 bits per heavy atom. The van der Waals surface area contributed by atoms with Crippen LogP contribution < -0.4 is 5.32 Å². The first-order valence-corrected chi connectivity index (χ1v) is 8.59. The average molecular weight is 358 g/mol. The number of carbonyl (C=O) groups excluding carboxylic acids is 1. The normalized spacial score (nSPS) is 10.8. The summed E-state index contributed by atoms with van der Waals surface area (Å²) in [5.41, 5.74) is 3.44. The fourth-order valence-electron chi connectivity index (χ4n) is 2.76. The summed E-state index contributed by atoms with van der Waals surface area (Å²) in [5.74, 6) is 0.441. The molecule has 0 aliphatic heterocycles. The fraction of sp³-hybridized carbons (Fsp3) is 0.0952. The van der Waals surface area contributed by atoms with Gasteiger partial charge in [-0.2, -0.15) is 0 Å². The average Bonchev–Trinajstić information content (AvgIpc) is 3.13. The number of hydrogen-bond acceptors (Lipinski definition) is 4. The Morgan fingerprint density at radius 1 is 1.07 bits per heavy atom. The summed E-state index contributed by atoms with van der Waals surface area (Å²) in [7, 11) is 0. The van der Waals surface area contributed by atoms with E-state index in [9.17, 15) is 4.79 Å². The van der Waals surface area contributed by atoms with E-state index in [-0.39, 0.29) is 12.5 Å². The number of ether oxygens (including phenoxy) is 1. The van der Waals surface area contributed by atoms with Crippen molar-refractivity contribution in [3.8, 4) is 11.3 Å². The minimum atomic E-state index is -0.195. The molecule has 134 valence electrons. The van der Waals surface area contributed by atoms with Crippen molar-refractivity contribution in [2.75, 3.05) is 11.9 Å². The molecular formula is C21H18N4O2. The summed E-state index contributed by atoms with van der Waals surface area (Å²) < 4.78 is 7.33. The predicted octanol–water partition coefficient (Wildman–Crippen LogP) is 3.55. The molecule has 0 aliphatic rings. The Balaban J connectivity index is 1.39. The van der Waals surface area contributed by atoms with Crippen LogP contribution in [0.1, 0.15) is 5.56 Å². The van der Waals surface area contributed by atoms with Gasteiger partial charge in [-0.05, 0) is 23.8 Å². The number of hydrogen-bond donors (Lipinski definition) is 1. The number of anilines is 1. The molecule has 0 saturated carbocycles. The van der Waals surface area contributed by atoms with Crippen LogP contribution in [0.25, 0.3) is 17.0 Å². The zero-order chi connectivity index (χ0) is 18.5. The highest BCUT2D eigenvalue weighted by Gasteiger charge is 2.07. The summed E-state index contributed by atoms with van der Waals surface area (Å²) in [6, 6.07) is 19.2. The molecule has 0 aliphatic carbocycles. The molecule has 4 aromatic rings. The lowest BCUT2D eigenvalue weighted by molar-refractivity contribution is -0.121. The molecule has 2 heterocycles. The van der Waals surface area contributed by atoms with Crippen molar-refractivity contribution in [2.45, 2.75) is 6.61 Å². The number of aromatic nitrogens is 3. The van der Waals surface area contributed by atoms with Crippen LogP contribution in [0, 0.1) is 0 Å². The molecule has 1 amide bonds. The van der Waals surface area contributed by atoms with Crippen LogP contribution in [-0.4, -0.2) is 26.9 Å². The molecule has 6 nitrogen and oxygen atoms in total. The lowest BCUT2D eigenvalue weighted by Crippen LogP contribution is -2.18. The van der Waals surface area contributed by atoms with Gasteiger partial charge in [-0.1, -0.05) is 42.5 Å². The minimum Gasteiger partial charge on any atom is -0.367 e. The van der Waals surface area contributed by atoms with E-state index in [1.54, 1.807) is 6.20 Å². The van der Waals surface area contributed by atoms with Crippen LogP contribution in [0.3, 0.4) is 0 Å². The van der Waals surface area contributed by atoms with Gasteiger partial charge in [-0.3, -0.25) is 9.20 Å². The van der Waals surface area contributed by atoms with Gasteiger partial charge in [0.15, 0.2) is 0 Å². The Kier molecular flexibility index (Phi) is 4.89. The molecule has 0 saturated heterocycles. The smallest absolute Gasteiger partial charge is 0.250 e. The molecule has 2 aromatic heterocycles. The van der Waals surface area contributed by atoms with E-state index in [4.69, 9.17) is 4.74 Å². The number of nitrogens with zero attached hydrogens (tertiary/aromatic N) is 3. The van der Waals surface area contributed by atoms with E-state index in [0.717, 1.165) is 16.8 Å². The molecule has 0 bridgehead atoms. The first-order valence-electron chi connectivity index (χ1n) is 8.59. The van der Waals surface area contributed by atoms with Crippen LogP contribution >= 0.6 is 0 Å². The minimum absolute atomic E-state index is 0.00257. The van der Waals surface area contributed by atoms with E-state index < -0.39 is 0 Å².